The third kappa shape index (κ3) is 5.56. The number of carbonyl (C=O) groups is 2. The first-order valence-electron chi connectivity index (χ1n) is 6.17. The molecule has 0 spiro atoms. The molecule has 5 heteroatoms. The van der Waals surface area contributed by atoms with Crippen LogP contribution in [-0.4, -0.2) is 53.6 Å². The highest BCUT2D eigenvalue weighted by atomic mass is 16.4. The van der Waals surface area contributed by atoms with E-state index in [1.807, 2.05) is 6.92 Å². The fourth-order valence-corrected chi connectivity index (χ4v) is 1.71. The molecule has 5 nitrogen and oxygen atoms in total. The molecule has 0 rings (SSSR count). The smallest absolute Gasteiger partial charge is 0.323 e. The van der Waals surface area contributed by atoms with Crippen LogP contribution in [0.3, 0.4) is 0 Å². The van der Waals surface area contributed by atoms with E-state index in [9.17, 15) is 9.59 Å². The largest absolute Gasteiger partial charge is 0.480 e. The SMILES string of the molecule is CCC(CC)CN(CC)C(=O)N(C)CC(=O)O. The summed E-state index contributed by atoms with van der Waals surface area (Å²) in [5, 5.41) is 8.65. The van der Waals surface area contributed by atoms with Gasteiger partial charge in [0.1, 0.15) is 6.54 Å². The quantitative estimate of drug-likeness (QED) is 0.744. The van der Waals surface area contributed by atoms with Gasteiger partial charge in [-0.25, -0.2) is 4.79 Å². The predicted molar refractivity (Wildman–Crippen MR) is 67.0 cm³/mol. The number of hydrogen-bond acceptors (Lipinski definition) is 2. The van der Waals surface area contributed by atoms with E-state index in [4.69, 9.17) is 5.11 Å². The molecule has 1 N–H and O–H groups in total. The molecular formula is C12H24N2O3. The van der Waals surface area contributed by atoms with E-state index in [0.717, 1.165) is 12.8 Å². The van der Waals surface area contributed by atoms with Gasteiger partial charge in [-0.3, -0.25) is 4.79 Å². The molecule has 0 radical (unpaired) electrons. The summed E-state index contributed by atoms with van der Waals surface area (Å²) < 4.78 is 0. The third-order valence-electron chi connectivity index (χ3n) is 2.98. The fraction of sp³-hybridized carbons (Fsp3) is 0.833. The van der Waals surface area contributed by atoms with Gasteiger partial charge in [0.15, 0.2) is 0 Å². The Morgan fingerprint density at radius 2 is 1.71 bits per heavy atom. The Kier molecular flexibility index (Phi) is 7.34. The van der Waals surface area contributed by atoms with Crippen molar-refractivity contribution in [2.75, 3.05) is 26.7 Å². The lowest BCUT2D eigenvalue weighted by Crippen LogP contribution is -2.45. The van der Waals surface area contributed by atoms with Gasteiger partial charge < -0.3 is 14.9 Å². The molecule has 0 heterocycles. The summed E-state index contributed by atoms with van der Waals surface area (Å²) in [5.74, 6) is -0.503. The first kappa shape index (κ1) is 15.7. The average molecular weight is 244 g/mol. The number of nitrogens with zero attached hydrogens (tertiary/aromatic N) is 2. The minimum atomic E-state index is -0.987. The first-order chi connectivity index (χ1) is 7.96. The van der Waals surface area contributed by atoms with Crippen molar-refractivity contribution in [3.63, 3.8) is 0 Å². The second-order valence-electron chi connectivity index (χ2n) is 4.25. The molecular weight excluding hydrogens is 220 g/mol. The Bertz CT molecular complexity index is 252. The first-order valence-corrected chi connectivity index (χ1v) is 6.17. The lowest BCUT2D eigenvalue weighted by Gasteiger charge is -2.29. The number of urea groups is 1. The minimum Gasteiger partial charge on any atom is -0.480 e. The van der Waals surface area contributed by atoms with Crippen LogP contribution >= 0.6 is 0 Å². The zero-order valence-electron chi connectivity index (χ0n) is 11.3. The molecule has 0 aromatic rings. The summed E-state index contributed by atoms with van der Waals surface area (Å²) in [6.45, 7) is 7.18. The van der Waals surface area contributed by atoms with Crippen molar-refractivity contribution in [1.82, 2.24) is 9.80 Å². The van der Waals surface area contributed by atoms with Gasteiger partial charge in [-0.2, -0.15) is 0 Å². The van der Waals surface area contributed by atoms with Gasteiger partial charge in [-0.1, -0.05) is 26.7 Å². The molecule has 100 valence electrons. The van der Waals surface area contributed by atoms with Crippen LogP contribution in [0, 0.1) is 5.92 Å². The predicted octanol–water partition coefficient (Wildman–Crippen LogP) is 1.88. The highest BCUT2D eigenvalue weighted by Gasteiger charge is 2.20. The summed E-state index contributed by atoms with van der Waals surface area (Å²) in [5.41, 5.74) is 0. The number of rotatable bonds is 7. The van der Waals surface area contributed by atoms with E-state index >= 15 is 0 Å². The van der Waals surface area contributed by atoms with Crippen molar-refractivity contribution in [3.05, 3.63) is 0 Å². The van der Waals surface area contributed by atoms with Crippen LogP contribution in [0.5, 0.6) is 0 Å². The molecule has 0 aromatic carbocycles. The van der Waals surface area contributed by atoms with Gasteiger partial charge in [0, 0.05) is 20.1 Å². The van der Waals surface area contributed by atoms with Crippen LogP contribution in [0.1, 0.15) is 33.6 Å². The number of carboxylic acid groups (broad SMARTS) is 1. The van der Waals surface area contributed by atoms with Crippen molar-refractivity contribution in [3.8, 4) is 0 Å². The highest BCUT2D eigenvalue weighted by molar-refractivity contribution is 5.79. The lowest BCUT2D eigenvalue weighted by atomic mass is 10.0. The molecule has 2 amide bonds. The van der Waals surface area contributed by atoms with Crippen LogP contribution in [0.4, 0.5) is 4.79 Å². The van der Waals surface area contributed by atoms with Crippen LogP contribution in [-0.2, 0) is 4.79 Å². The van der Waals surface area contributed by atoms with E-state index in [2.05, 4.69) is 13.8 Å². The van der Waals surface area contributed by atoms with Crippen LogP contribution < -0.4 is 0 Å². The molecule has 0 bridgehead atoms. The number of likely N-dealkylation sites (N-methyl/N-ethyl adjacent to an activating group) is 1. The van der Waals surface area contributed by atoms with Crippen molar-refractivity contribution < 1.29 is 14.7 Å². The summed E-state index contributed by atoms with van der Waals surface area (Å²) >= 11 is 0. The Hall–Kier alpha value is -1.26. The number of aliphatic carboxylic acids is 1. The molecule has 0 saturated heterocycles. The molecule has 0 unspecified atom stereocenters. The van der Waals surface area contributed by atoms with E-state index < -0.39 is 5.97 Å². The molecule has 0 aliphatic heterocycles. The zero-order chi connectivity index (χ0) is 13.4. The zero-order valence-corrected chi connectivity index (χ0v) is 11.3. The van der Waals surface area contributed by atoms with E-state index in [-0.39, 0.29) is 12.6 Å². The van der Waals surface area contributed by atoms with Gasteiger partial charge in [0.25, 0.3) is 0 Å². The average Bonchev–Trinajstić information content (AvgIpc) is 2.29. The molecule has 0 saturated carbocycles. The van der Waals surface area contributed by atoms with Crippen molar-refractivity contribution in [2.45, 2.75) is 33.6 Å². The van der Waals surface area contributed by atoms with Crippen LogP contribution in [0.25, 0.3) is 0 Å². The normalized spacial score (nSPS) is 10.4. The lowest BCUT2D eigenvalue weighted by molar-refractivity contribution is -0.137. The Morgan fingerprint density at radius 3 is 2.06 bits per heavy atom. The highest BCUT2D eigenvalue weighted by Crippen LogP contribution is 2.11. The minimum absolute atomic E-state index is 0.207. The topological polar surface area (TPSA) is 60.9 Å². The van der Waals surface area contributed by atoms with Gasteiger partial charge in [-0.15, -0.1) is 0 Å². The third-order valence-corrected chi connectivity index (χ3v) is 2.98. The molecule has 0 aliphatic carbocycles. The second-order valence-corrected chi connectivity index (χ2v) is 4.25. The van der Waals surface area contributed by atoms with Crippen LogP contribution in [0.15, 0.2) is 0 Å². The van der Waals surface area contributed by atoms with Crippen molar-refractivity contribution >= 4 is 12.0 Å². The number of hydrogen-bond donors (Lipinski definition) is 1. The van der Waals surface area contributed by atoms with Gasteiger partial charge in [-0.05, 0) is 12.8 Å². The molecule has 0 atom stereocenters. The number of amides is 2. The monoisotopic (exact) mass is 244 g/mol. The maximum absolute atomic E-state index is 12.0. The summed E-state index contributed by atoms with van der Waals surface area (Å²) in [6.07, 6.45) is 2.06. The fourth-order valence-electron chi connectivity index (χ4n) is 1.71. The number of carbonyl (C=O) groups excluding carboxylic acids is 1. The Labute approximate surface area is 103 Å². The summed E-state index contributed by atoms with van der Waals surface area (Å²) in [6, 6.07) is -0.207. The molecule has 0 aliphatic rings. The van der Waals surface area contributed by atoms with Crippen molar-refractivity contribution in [2.24, 2.45) is 5.92 Å². The number of carboxylic acids is 1. The van der Waals surface area contributed by atoms with Crippen molar-refractivity contribution in [1.29, 1.82) is 0 Å². The van der Waals surface area contributed by atoms with E-state index in [1.54, 1.807) is 4.90 Å². The van der Waals surface area contributed by atoms with E-state index in [0.29, 0.717) is 19.0 Å². The Balaban J connectivity index is 4.43. The Morgan fingerprint density at radius 1 is 1.18 bits per heavy atom. The second kappa shape index (κ2) is 7.92. The van der Waals surface area contributed by atoms with Gasteiger partial charge in [0.2, 0.25) is 0 Å². The van der Waals surface area contributed by atoms with Gasteiger partial charge >= 0.3 is 12.0 Å². The molecule has 0 aromatic heterocycles. The standard InChI is InChI=1S/C12H24N2O3/c1-5-10(6-2)8-14(7-3)12(17)13(4)9-11(15)16/h10H,5-9H2,1-4H3,(H,15,16). The molecule has 17 heavy (non-hydrogen) atoms. The van der Waals surface area contributed by atoms with Gasteiger partial charge in [0.05, 0.1) is 0 Å². The van der Waals surface area contributed by atoms with E-state index in [1.165, 1.54) is 11.9 Å². The maximum atomic E-state index is 12.0. The maximum Gasteiger partial charge on any atom is 0.323 e. The molecule has 0 fully saturated rings. The summed E-state index contributed by atoms with van der Waals surface area (Å²) in [4.78, 5) is 25.5. The summed E-state index contributed by atoms with van der Waals surface area (Å²) in [7, 11) is 1.52. The van der Waals surface area contributed by atoms with Crippen LogP contribution in [0.2, 0.25) is 0 Å².